The molecule has 1 aromatic heterocycles. The SMILES string of the molecule is CC1CCN(C(=O)Cn2cc(S(=O)(=O)CC(=O)N3CCCCCC3)c3ccccc32)CC1. The smallest absolute Gasteiger partial charge is 0.242 e. The number of amides is 2. The van der Waals surface area contributed by atoms with Gasteiger partial charge in [-0.15, -0.1) is 0 Å². The van der Waals surface area contributed by atoms with Crippen LogP contribution in [0.15, 0.2) is 35.4 Å². The Balaban J connectivity index is 1.56. The summed E-state index contributed by atoms with van der Waals surface area (Å²) in [4.78, 5) is 29.3. The first-order chi connectivity index (χ1) is 15.3. The lowest BCUT2D eigenvalue weighted by Gasteiger charge is -2.30. The van der Waals surface area contributed by atoms with Gasteiger partial charge in [0.1, 0.15) is 12.3 Å². The molecule has 0 bridgehead atoms. The quantitative estimate of drug-likeness (QED) is 0.688. The average molecular weight is 460 g/mol. The zero-order chi connectivity index (χ0) is 22.7. The lowest BCUT2D eigenvalue weighted by atomic mass is 9.99. The number of carbonyl (C=O) groups is 2. The van der Waals surface area contributed by atoms with Gasteiger partial charge >= 0.3 is 0 Å². The van der Waals surface area contributed by atoms with E-state index in [1.54, 1.807) is 27.8 Å². The molecule has 2 fully saturated rings. The van der Waals surface area contributed by atoms with E-state index in [-0.39, 0.29) is 23.3 Å². The van der Waals surface area contributed by atoms with Gasteiger partial charge in [-0.3, -0.25) is 9.59 Å². The zero-order valence-electron chi connectivity index (χ0n) is 18.8. The number of carbonyl (C=O) groups excluding carboxylic acids is 2. The number of sulfone groups is 1. The molecule has 32 heavy (non-hydrogen) atoms. The molecule has 0 atom stereocenters. The van der Waals surface area contributed by atoms with Gasteiger partial charge in [0.05, 0.1) is 4.90 Å². The van der Waals surface area contributed by atoms with Crippen molar-refractivity contribution in [3.05, 3.63) is 30.5 Å². The maximum absolute atomic E-state index is 13.3. The third-order valence-corrected chi connectivity index (χ3v) is 8.42. The van der Waals surface area contributed by atoms with Gasteiger partial charge in [0.15, 0.2) is 9.84 Å². The van der Waals surface area contributed by atoms with Crippen LogP contribution in [0.1, 0.15) is 45.4 Å². The molecule has 8 heteroatoms. The van der Waals surface area contributed by atoms with Crippen molar-refractivity contribution in [3.8, 4) is 0 Å². The van der Waals surface area contributed by atoms with Gasteiger partial charge in [0, 0.05) is 43.3 Å². The maximum Gasteiger partial charge on any atom is 0.242 e. The van der Waals surface area contributed by atoms with E-state index in [2.05, 4.69) is 6.92 Å². The van der Waals surface area contributed by atoms with Crippen LogP contribution in [0.5, 0.6) is 0 Å². The fourth-order valence-corrected chi connectivity index (χ4v) is 6.21. The predicted octanol–water partition coefficient (Wildman–Crippen LogP) is 3.08. The van der Waals surface area contributed by atoms with Crippen molar-refractivity contribution in [2.45, 2.75) is 56.9 Å². The van der Waals surface area contributed by atoms with Gasteiger partial charge in [-0.05, 0) is 37.7 Å². The Kier molecular flexibility index (Phi) is 6.88. The molecule has 0 spiro atoms. The van der Waals surface area contributed by atoms with Crippen molar-refractivity contribution in [3.63, 3.8) is 0 Å². The predicted molar refractivity (Wildman–Crippen MR) is 124 cm³/mol. The van der Waals surface area contributed by atoms with Crippen LogP contribution >= 0.6 is 0 Å². The van der Waals surface area contributed by atoms with Crippen LogP contribution in [0.3, 0.4) is 0 Å². The minimum atomic E-state index is -3.83. The van der Waals surface area contributed by atoms with Crippen LogP contribution in [0.2, 0.25) is 0 Å². The van der Waals surface area contributed by atoms with E-state index >= 15 is 0 Å². The van der Waals surface area contributed by atoms with Crippen molar-refractivity contribution in [2.24, 2.45) is 5.92 Å². The Hall–Kier alpha value is -2.35. The summed E-state index contributed by atoms with van der Waals surface area (Å²) in [7, 11) is -3.83. The van der Waals surface area contributed by atoms with Crippen molar-refractivity contribution >= 4 is 32.6 Å². The molecule has 7 nitrogen and oxygen atoms in total. The maximum atomic E-state index is 13.3. The number of para-hydroxylation sites is 1. The van der Waals surface area contributed by atoms with E-state index in [9.17, 15) is 18.0 Å². The Labute approximate surface area is 190 Å². The molecule has 0 radical (unpaired) electrons. The third kappa shape index (κ3) is 5.00. The highest BCUT2D eigenvalue weighted by molar-refractivity contribution is 7.92. The van der Waals surface area contributed by atoms with Crippen LogP contribution in [0.4, 0.5) is 0 Å². The molecule has 2 saturated heterocycles. The van der Waals surface area contributed by atoms with Gasteiger partial charge in [0.25, 0.3) is 0 Å². The second-order valence-corrected chi connectivity index (χ2v) is 11.2. The number of rotatable bonds is 5. The fraction of sp³-hybridized carbons (Fsp3) is 0.583. The second kappa shape index (κ2) is 9.65. The largest absolute Gasteiger partial charge is 0.342 e. The third-order valence-electron chi connectivity index (χ3n) is 6.80. The Morgan fingerprint density at radius 1 is 0.906 bits per heavy atom. The molecule has 2 aliphatic rings. The Bertz CT molecular complexity index is 1080. The lowest BCUT2D eigenvalue weighted by Crippen LogP contribution is -2.39. The minimum Gasteiger partial charge on any atom is -0.342 e. The van der Waals surface area contributed by atoms with E-state index in [4.69, 9.17) is 0 Å². The monoisotopic (exact) mass is 459 g/mol. The first-order valence-electron chi connectivity index (χ1n) is 11.7. The molecule has 0 saturated carbocycles. The molecule has 2 aliphatic heterocycles. The van der Waals surface area contributed by atoms with E-state index in [1.165, 1.54) is 0 Å². The molecule has 174 valence electrons. The summed E-state index contributed by atoms with van der Waals surface area (Å²) >= 11 is 0. The minimum absolute atomic E-state index is 0.00208. The first-order valence-corrected chi connectivity index (χ1v) is 13.4. The summed E-state index contributed by atoms with van der Waals surface area (Å²) < 4.78 is 28.3. The summed E-state index contributed by atoms with van der Waals surface area (Å²) in [6.45, 7) is 5.04. The molecule has 0 aliphatic carbocycles. The van der Waals surface area contributed by atoms with E-state index < -0.39 is 15.6 Å². The average Bonchev–Trinajstić information content (AvgIpc) is 2.95. The number of benzene rings is 1. The molecule has 2 aromatic rings. The van der Waals surface area contributed by atoms with Crippen LogP contribution in [-0.4, -0.2) is 66.5 Å². The first kappa shape index (κ1) is 22.8. The highest BCUT2D eigenvalue weighted by Crippen LogP contribution is 2.27. The van der Waals surface area contributed by atoms with Crippen molar-refractivity contribution in [1.82, 2.24) is 14.4 Å². The molecular weight excluding hydrogens is 426 g/mol. The molecular formula is C24H33N3O4S. The summed E-state index contributed by atoms with van der Waals surface area (Å²) in [5.41, 5.74) is 0.701. The standard InChI is InChI=1S/C24H33N3O4S/c1-19-10-14-26(15-11-19)23(28)17-27-16-22(20-8-4-5-9-21(20)27)32(30,31)18-24(29)25-12-6-2-3-7-13-25/h4-5,8-9,16,19H,2-3,6-7,10-15,17-18H2,1H3. The molecule has 1 aromatic carbocycles. The molecule has 2 amide bonds. The van der Waals surface area contributed by atoms with Gasteiger partial charge in [-0.1, -0.05) is 38.0 Å². The topological polar surface area (TPSA) is 79.7 Å². The summed E-state index contributed by atoms with van der Waals surface area (Å²) in [6, 6.07) is 7.21. The number of likely N-dealkylation sites (tertiary alicyclic amines) is 2. The normalized spacial score (nSPS) is 18.7. The number of hydrogen-bond acceptors (Lipinski definition) is 4. The highest BCUT2D eigenvalue weighted by Gasteiger charge is 2.28. The van der Waals surface area contributed by atoms with Gasteiger partial charge < -0.3 is 14.4 Å². The van der Waals surface area contributed by atoms with E-state index in [0.717, 1.165) is 51.6 Å². The second-order valence-electron chi connectivity index (χ2n) is 9.26. The number of nitrogens with zero attached hydrogens (tertiary/aromatic N) is 3. The van der Waals surface area contributed by atoms with E-state index in [1.807, 2.05) is 17.0 Å². The fourth-order valence-electron chi connectivity index (χ4n) is 4.75. The van der Waals surface area contributed by atoms with Gasteiger partial charge in [-0.2, -0.15) is 0 Å². The molecule has 0 N–H and O–H groups in total. The lowest BCUT2D eigenvalue weighted by molar-refractivity contribution is -0.133. The summed E-state index contributed by atoms with van der Waals surface area (Å²) in [5.74, 6) is -0.228. The zero-order valence-corrected chi connectivity index (χ0v) is 19.6. The summed E-state index contributed by atoms with van der Waals surface area (Å²) in [5, 5.41) is 0.566. The van der Waals surface area contributed by atoms with Gasteiger partial charge in [0.2, 0.25) is 11.8 Å². The van der Waals surface area contributed by atoms with Crippen LogP contribution < -0.4 is 0 Å². The van der Waals surface area contributed by atoms with Crippen molar-refractivity contribution in [2.75, 3.05) is 31.9 Å². The Morgan fingerprint density at radius 2 is 1.53 bits per heavy atom. The Morgan fingerprint density at radius 3 is 2.22 bits per heavy atom. The molecule has 4 rings (SSSR count). The van der Waals surface area contributed by atoms with Crippen LogP contribution in [-0.2, 0) is 26.0 Å². The van der Waals surface area contributed by atoms with Crippen LogP contribution in [0, 0.1) is 5.92 Å². The number of piperidine rings is 1. The number of fused-ring (bicyclic) bond motifs is 1. The molecule has 3 heterocycles. The van der Waals surface area contributed by atoms with E-state index in [0.29, 0.717) is 29.9 Å². The van der Waals surface area contributed by atoms with Crippen molar-refractivity contribution in [1.29, 1.82) is 0 Å². The highest BCUT2D eigenvalue weighted by atomic mass is 32.2. The number of hydrogen-bond donors (Lipinski definition) is 0. The molecule has 0 unspecified atom stereocenters. The summed E-state index contributed by atoms with van der Waals surface area (Å²) in [6.07, 6.45) is 7.53. The number of aromatic nitrogens is 1. The van der Waals surface area contributed by atoms with Crippen LogP contribution in [0.25, 0.3) is 10.9 Å². The van der Waals surface area contributed by atoms with Gasteiger partial charge in [-0.25, -0.2) is 8.42 Å². The van der Waals surface area contributed by atoms with Crippen molar-refractivity contribution < 1.29 is 18.0 Å².